The normalized spacial score (nSPS) is 15.7. The molecule has 0 fully saturated rings. The van der Waals surface area contributed by atoms with Gasteiger partial charge in [0.15, 0.2) is 0 Å². The minimum Gasteiger partial charge on any atom is -0.373 e. The third-order valence-corrected chi connectivity index (χ3v) is 3.59. The number of fused-ring (bicyclic) bond motifs is 1. The summed E-state index contributed by atoms with van der Waals surface area (Å²) < 4.78 is 0. The van der Waals surface area contributed by atoms with E-state index in [1.54, 1.807) is 0 Å². The van der Waals surface area contributed by atoms with E-state index in [0.29, 0.717) is 12.8 Å². The fraction of sp³-hybridized carbons (Fsp3) is 0.176. The molecule has 1 aliphatic heterocycles. The molecule has 4 heteroatoms. The topological polar surface area (TPSA) is 64.9 Å². The number of nitrogens with one attached hydrogen (secondary N) is 2. The maximum absolute atomic E-state index is 12.3. The van der Waals surface area contributed by atoms with Crippen molar-refractivity contribution in [1.82, 2.24) is 0 Å². The predicted molar refractivity (Wildman–Crippen MR) is 81.9 cm³/mol. The fourth-order valence-electron chi connectivity index (χ4n) is 2.48. The Balaban J connectivity index is 1.64. The van der Waals surface area contributed by atoms with E-state index >= 15 is 0 Å². The lowest BCUT2D eigenvalue weighted by atomic mass is 10.1. The van der Waals surface area contributed by atoms with Gasteiger partial charge in [0, 0.05) is 17.8 Å². The first-order valence-electron chi connectivity index (χ1n) is 6.87. The van der Waals surface area contributed by atoms with Crippen LogP contribution in [0.15, 0.2) is 48.5 Å². The minimum absolute atomic E-state index is 0.0424. The third kappa shape index (κ3) is 2.87. The largest absolute Gasteiger partial charge is 0.373 e. The van der Waals surface area contributed by atoms with Crippen LogP contribution in [-0.4, -0.2) is 11.9 Å². The summed E-state index contributed by atoms with van der Waals surface area (Å²) in [6.45, 7) is 0. The molecule has 2 N–H and O–H groups in total. The van der Waals surface area contributed by atoms with Gasteiger partial charge in [-0.2, -0.15) is 5.26 Å². The quantitative estimate of drug-likeness (QED) is 0.906. The van der Waals surface area contributed by atoms with E-state index in [-0.39, 0.29) is 11.9 Å². The Morgan fingerprint density at radius 3 is 2.71 bits per heavy atom. The number of benzene rings is 2. The van der Waals surface area contributed by atoms with E-state index in [0.717, 1.165) is 16.9 Å². The van der Waals surface area contributed by atoms with Crippen LogP contribution in [0.2, 0.25) is 0 Å². The van der Waals surface area contributed by atoms with Gasteiger partial charge < -0.3 is 10.6 Å². The number of carbonyl (C=O) groups excluding carboxylic acids is 1. The predicted octanol–water partition coefficient (Wildman–Crippen LogP) is 2.73. The second-order valence-electron chi connectivity index (χ2n) is 5.08. The number of nitriles is 1. The summed E-state index contributed by atoms with van der Waals surface area (Å²) in [6.07, 6.45) is 1.09. The first-order chi connectivity index (χ1) is 10.3. The summed E-state index contributed by atoms with van der Waals surface area (Å²) in [5.74, 6) is -0.0424. The fourth-order valence-corrected chi connectivity index (χ4v) is 2.48. The van der Waals surface area contributed by atoms with Crippen molar-refractivity contribution in [3.8, 4) is 6.07 Å². The van der Waals surface area contributed by atoms with Crippen LogP contribution in [0.5, 0.6) is 0 Å². The van der Waals surface area contributed by atoms with Crippen LogP contribution >= 0.6 is 0 Å². The summed E-state index contributed by atoms with van der Waals surface area (Å²) in [6, 6.07) is 17.2. The Morgan fingerprint density at radius 2 is 2.00 bits per heavy atom. The lowest BCUT2D eigenvalue weighted by Gasteiger charge is -2.12. The summed E-state index contributed by atoms with van der Waals surface area (Å²) in [5, 5.41) is 14.8. The highest BCUT2D eigenvalue weighted by Crippen LogP contribution is 2.25. The second-order valence-corrected chi connectivity index (χ2v) is 5.08. The first kappa shape index (κ1) is 13.2. The Labute approximate surface area is 123 Å². The summed E-state index contributed by atoms with van der Waals surface area (Å²) >= 11 is 0. The minimum atomic E-state index is -0.235. The lowest BCUT2D eigenvalue weighted by molar-refractivity contribution is -0.116. The van der Waals surface area contributed by atoms with Crippen LogP contribution in [0.3, 0.4) is 0 Å². The van der Waals surface area contributed by atoms with Crippen LogP contribution in [-0.2, 0) is 17.6 Å². The molecule has 0 saturated carbocycles. The van der Waals surface area contributed by atoms with Gasteiger partial charge >= 0.3 is 0 Å². The molecule has 1 aliphatic rings. The molecule has 104 valence electrons. The molecule has 0 spiro atoms. The van der Waals surface area contributed by atoms with Gasteiger partial charge in [-0.3, -0.25) is 4.79 Å². The van der Waals surface area contributed by atoms with Crippen LogP contribution in [0.4, 0.5) is 11.4 Å². The highest BCUT2D eigenvalue weighted by atomic mass is 16.2. The van der Waals surface area contributed by atoms with E-state index in [4.69, 9.17) is 5.26 Å². The van der Waals surface area contributed by atoms with E-state index in [2.05, 4.69) is 16.7 Å². The molecule has 0 radical (unpaired) electrons. The third-order valence-electron chi connectivity index (χ3n) is 3.59. The zero-order valence-corrected chi connectivity index (χ0v) is 11.5. The van der Waals surface area contributed by atoms with Crippen molar-refractivity contribution in [2.75, 3.05) is 10.6 Å². The molecule has 1 amide bonds. The number of hydrogen-bond donors (Lipinski definition) is 2. The van der Waals surface area contributed by atoms with E-state index in [9.17, 15) is 4.79 Å². The van der Waals surface area contributed by atoms with Crippen molar-refractivity contribution < 1.29 is 4.79 Å². The number of nitrogens with zero attached hydrogens (tertiary/aromatic N) is 1. The Hall–Kier alpha value is -2.80. The first-order valence-corrected chi connectivity index (χ1v) is 6.87. The number of carbonyl (C=O) groups is 1. The molecule has 2 aromatic carbocycles. The summed E-state index contributed by atoms with van der Waals surface area (Å²) in [4.78, 5) is 12.3. The highest BCUT2D eigenvalue weighted by molar-refractivity contribution is 5.98. The van der Waals surface area contributed by atoms with Gasteiger partial charge in [-0.15, -0.1) is 0 Å². The molecule has 1 heterocycles. The van der Waals surface area contributed by atoms with E-state index in [1.807, 2.05) is 48.5 Å². The molecule has 4 nitrogen and oxygen atoms in total. The number of hydrogen-bond acceptors (Lipinski definition) is 3. The molecule has 3 rings (SSSR count). The van der Waals surface area contributed by atoms with Crippen LogP contribution in [0.1, 0.15) is 11.1 Å². The monoisotopic (exact) mass is 277 g/mol. The van der Waals surface area contributed by atoms with Gasteiger partial charge in [0.05, 0.1) is 12.5 Å². The Morgan fingerprint density at radius 1 is 1.24 bits per heavy atom. The molecule has 0 bridgehead atoms. The molecular weight excluding hydrogens is 262 g/mol. The van der Waals surface area contributed by atoms with Gasteiger partial charge in [0.1, 0.15) is 6.04 Å². The SMILES string of the molecule is N#CCc1ccc(NC(=O)C2Cc3ccccc3N2)cc1. The van der Waals surface area contributed by atoms with Crippen LogP contribution in [0, 0.1) is 11.3 Å². The number of rotatable bonds is 3. The second kappa shape index (κ2) is 5.68. The number of anilines is 2. The number of amides is 1. The van der Waals surface area contributed by atoms with Crippen molar-refractivity contribution in [2.24, 2.45) is 0 Å². The smallest absolute Gasteiger partial charge is 0.247 e. The maximum Gasteiger partial charge on any atom is 0.247 e. The summed E-state index contributed by atoms with van der Waals surface area (Å²) in [5.41, 5.74) is 3.89. The van der Waals surface area contributed by atoms with Gasteiger partial charge in [0.25, 0.3) is 0 Å². The van der Waals surface area contributed by atoms with Gasteiger partial charge in [-0.1, -0.05) is 30.3 Å². The lowest BCUT2D eigenvalue weighted by Crippen LogP contribution is -2.32. The molecular formula is C17H15N3O. The van der Waals surface area contributed by atoms with Gasteiger partial charge in [-0.05, 0) is 29.3 Å². The Kier molecular flexibility index (Phi) is 3.57. The maximum atomic E-state index is 12.3. The molecule has 1 unspecified atom stereocenters. The van der Waals surface area contributed by atoms with Crippen molar-refractivity contribution in [1.29, 1.82) is 5.26 Å². The molecule has 1 atom stereocenters. The van der Waals surface area contributed by atoms with E-state index < -0.39 is 0 Å². The average molecular weight is 277 g/mol. The van der Waals surface area contributed by atoms with Crippen LogP contribution in [0.25, 0.3) is 0 Å². The summed E-state index contributed by atoms with van der Waals surface area (Å²) in [7, 11) is 0. The zero-order chi connectivity index (χ0) is 14.7. The molecule has 0 aliphatic carbocycles. The van der Waals surface area contributed by atoms with Crippen LogP contribution < -0.4 is 10.6 Å². The van der Waals surface area contributed by atoms with Gasteiger partial charge in [-0.25, -0.2) is 0 Å². The van der Waals surface area contributed by atoms with E-state index in [1.165, 1.54) is 5.56 Å². The van der Waals surface area contributed by atoms with Gasteiger partial charge in [0.2, 0.25) is 5.91 Å². The molecule has 21 heavy (non-hydrogen) atoms. The number of para-hydroxylation sites is 1. The average Bonchev–Trinajstić information content (AvgIpc) is 2.94. The molecule has 2 aromatic rings. The Bertz CT molecular complexity index is 676. The molecule has 0 saturated heterocycles. The highest BCUT2D eigenvalue weighted by Gasteiger charge is 2.26. The van der Waals surface area contributed by atoms with Crippen molar-refractivity contribution in [2.45, 2.75) is 18.9 Å². The van der Waals surface area contributed by atoms with Crippen molar-refractivity contribution in [3.63, 3.8) is 0 Å². The standard InChI is InChI=1S/C17H15N3O/c18-10-9-12-5-7-14(8-6-12)19-17(21)16-11-13-3-1-2-4-15(13)20-16/h1-8,16,20H,9,11H2,(H,19,21). The molecule has 0 aromatic heterocycles. The zero-order valence-electron chi connectivity index (χ0n) is 11.5. The van der Waals surface area contributed by atoms with Crippen molar-refractivity contribution >= 4 is 17.3 Å². The van der Waals surface area contributed by atoms with Crippen molar-refractivity contribution in [3.05, 3.63) is 59.7 Å².